The second-order valence-corrected chi connectivity index (χ2v) is 9.96. The van der Waals surface area contributed by atoms with Gasteiger partial charge in [-0.05, 0) is 48.7 Å². The van der Waals surface area contributed by atoms with Crippen LogP contribution in [0.3, 0.4) is 0 Å². The third-order valence-electron chi connectivity index (χ3n) is 6.79. The predicted octanol–water partition coefficient (Wildman–Crippen LogP) is 1.68. The van der Waals surface area contributed by atoms with Gasteiger partial charge in [-0.3, -0.25) is 14.4 Å². The Balaban J connectivity index is 1.67. The molecule has 3 rings (SSSR count). The monoisotopic (exact) mass is 590 g/mol. The van der Waals surface area contributed by atoms with Gasteiger partial charge in [-0.1, -0.05) is 48.5 Å². The number of amides is 3. The first-order valence-corrected chi connectivity index (χ1v) is 14.3. The summed E-state index contributed by atoms with van der Waals surface area (Å²) in [5, 5.41) is 5.68. The van der Waals surface area contributed by atoms with E-state index in [4.69, 9.17) is 26.7 Å². The molecule has 0 radical (unpaired) electrons. The number of hydrogen-bond acceptors (Lipinski definition) is 8. The molecule has 11 heteroatoms. The maximum atomic E-state index is 13.4. The van der Waals surface area contributed by atoms with Gasteiger partial charge in [0.2, 0.25) is 17.7 Å². The zero-order chi connectivity index (χ0) is 31.0. The Morgan fingerprint density at radius 1 is 0.837 bits per heavy atom. The minimum atomic E-state index is -1.14. The summed E-state index contributed by atoms with van der Waals surface area (Å²) in [6.07, 6.45) is 0.652. The highest BCUT2D eigenvalue weighted by Gasteiger charge is 2.26. The summed E-state index contributed by atoms with van der Waals surface area (Å²) in [6.45, 7) is 1.33. The highest BCUT2D eigenvalue weighted by atomic mass is 16.5. The van der Waals surface area contributed by atoms with Crippen LogP contribution in [0, 0.1) is 0 Å². The van der Waals surface area contributed by atoms with E-state index in [1.807, 2.05) is 54.6 Å². The molecule has 0 bridgehead atoms. The summed E-state index contributed by atoms with van der Waals surface area (Å²) >= 11 is 0. The smallest absolute Gasteiger partial charge is 0.242 e. The molecule has 3 aromatic rings. The van der Waals surface area contributed by atoms with Crippen LogP contribution >= 0.6 is 0 Å². The van der Waals surface area contributed by atoms with Gasteiger partial charge in [-0.15, -0.1) is 0 Å². The van der Waals surface area contributed by atoms with Gasteiger partial charge >= 0.3 is 0 Å². The van der Waals surface area contributed by atoms with Crippen LogP contribution in [0.15, 0.2) is 78.9 Å². The van der Waals surface area contributed by atoms with Crippen LogP contribution in [0.25, 0.3) is 0 Å². The van der Waals surface area contributed by atoms with Gasteiger partial charge in [-0.25, -0.2) is 0 Å². The minimum absolute atomic E-state index is 0.167. The fourth-order valence-corrected chi connectivity index (χ4v) is 4.41. The van der Waals surface area contributed by atoms with E-state index in [1.54, 1.807) is 31.4 Å². The van der Waals surface area contributed by atoms with Crippen LogP contribution in [0.4, 0.5) is 0 Å². The zero-order valence-corrected chi connectivity index (χ0v) is 24.5. The number of ether oxygens (including phenoxy) is 2. The molecule has 43 heavy (non-hydrogen) atoms. The average Bonchev–Trinajstić information content (AvgIpc) is 3.03. The van der Waals surface area contributed by atoms with Gasteiger partial charge in [0.1, 0.15) is 23.3 Å². The van der Waals surface area contributed by atoms with Crippen molar-refractivity contribution >= 4 is 17.7 Å². The molecule has 0 aliphatic heterocycles. The summed E-state index contributed by atoms with van der Waals surface area (Å²) in [5.41, 5.74) is 19.1. The molecule has 0 fully saturated rings. The van der Waals surface area contributed by atoms with Crippen molar-refractivity contribution in [2.75, 3.05) is 33.3 Å². The van der Waals surface area contributed by atoms with Crippen LogP contribution in [0.5, 0.6) is 17.2 Å². The summed E-state index contributed by atoms with van der Waals surface area (Å²) in [5.74, 6) is 0.618. The minimum Gasteiger partial charge on any atom is -0.497 e. The van der Waals surface area contributed by atoms with Crippen LogP contribution < -0.4 is 37.3 Å². The summed E-state index contributed by atoms with van der Waals surface area (Å²) in [7, 11) is 1.59. The zero-order valence-electron chi connectivity index (χ0n) is 24.5. The Kier molecular flexibility index (Phi) is 13.4. The van der Waals surface area contributed by atoms with Gasteiger partial charge in [0.05, 0.1) is 19.6 Å². The van der Waals surface area contributed by atoms with Crippen LogP contribution in [-0.4, -0.2) is 68.0 Å². The quantitative estimate of drug-likeness (QED) is 0.158. The van der Waals surface area contributed by atoms with Crippen LogP contribution in [0.1, 0.15) is 24.0 Å². The predicted molar refractivity (Wildman–Crippen MR) is 165 cm³/mol. The maximum Gasteiger partial charge on any atom is 0.242 e. The maximum absolute atomic E-state index is 13.4. The molecule has 230 valence electrons. The largest absolute Gasteiger partial charge is 0.497 e. The summed E-state index contributed by atoms with van der Waals surface area (Å²) in [4.78, 5) is 40.6. The number of carbonyl (C=O) groups excluding carboxylic acids is 3. The number of nitrogens with two attached hydrogens (primary N) is 3. The van der Waals surface area contributed by atoms with E-state index < -0.39 is 18.0 Å². The Hall–Kier alpha value is -4.45. The van der Waals surface area contributed by atoms with Crippen molar-refractivity contribution in [3.05, 3.63) is 90.0 Å². The number of benzene rings is 3. The number of methoxy groups -OCH3 is 1. The van der Waals surface area contributed by atoms with Gasteiger partial charge in [0.15, 0.2) is 0 Å². The molecule has 0 aliphatic rings. The van der Waals surface area contributed by atoms with Crippen molar-refractivity contribution in [1.29, 1.82) is 0 Å². The second-order valence-electron chi connectivity index (χ2n) is 9.96. The van der Waals surface area contributed by atoms with E-state index in [0.29, 0.717) is 43.2 Å². The third kappa shape index (κ3) is 10.7. The number of nitrogens with zero attached hydrogens (tertiary/aromatic N) is 1. The Morgan fingerprint density at radius 3 is 2.12 bits per heavy atom. The molecule has 0 aliphatic carbocycles. The number of para-hydroxylation sites is 1. The van der Waals surface area contributed by atoms with Crippen molar-refractivity contribution in [2.45, 2.75) is 37.9 Å². The third-order valence-corrected chi connectivity index (χ3v) is 6.79. The van der Waals surface area contributed by atoms with Gasteiger partial charge < -0.3 is 42.2 Å². The first-order valence-electron chi connectivity index (χ1n) is 14.3. The van der Waals surface area contributed by atoms with Crippen molar-refractivity contribution in [3.8, 4) is 17.2 Å². The fourth-order valence-electron chi connectivity index (χ4n) is 4.41. The SMILES string of the molecule is COc1ccc(Oc2ccccc2CNC(=O)C(CCc2ccccc2)NC(=O)C(N)CC(=O)N(CCN)CCN)cc1. The fraction of sp³-hybridized carbons (Fsp3) is 0.344. The van der Waals surface area contributed by atoms with Crippen LogP contribution in [0.2, 0.25) is 0 Å². The first kappa shape index (κ1) is 33.1. The van der Waals surface area contributed by atoms with Crippen molar-refractivity contribution in [1.82, 2.24) is 15.5 Å². The lowest BCUT2D eigenvalue weighted by molar-refractivity contribution is -0.135. The number of hydrogen-bond donors (Lipinski definition) is 5. The van der Waals surface area contributed by atoms with E-state index in [9.17, 15) is 14.4 Å². The first-order chi connectivity index (χ1) is 20.8. The molecule has 0 heterocycles. The second kappa shape index (κ2) is 17.5. The topological polar surface area (TPSA) is 175 Å². The Bertz CT molecular complexity index is 1300. The standard InChI is InChI=1S/C32H42N6O5/c1-42-25-12-14-26(15-13-25)43-29-10-6-5-9-24(29)22-36-32(41)28(16-11-23-7-3-2-4-8-23)37-31(40)27(35)21-30(39)38(19-17-33)20-18-34/h2-10,12-15,27-28H,11,16-22,33-35H2,1H3,(H,36,41)(H,37,40). The molecule has 8 N–H and O–H groups in total. The van der Waals surface area contributed by atoms with Gasteiger partial charge in [0, 0.05) is 38.3 Å². The number of carbonyl (C=O) groups is 3. The lowest BCUT2D eigenvalue weighted by atomic mass is 10.0. The molecule has 0 aromatic heterocycles. The van der Waals surface area contributed by atoms with E-state index in [1.165, 1.54) is 4.90 Å². The molecular weight excluding hydrogens is 548 g/mol. The molecule has 0 saturated heterocycles. The van der Waals surface area contributed by atoms with E-state index in [2.05, 4.69) is 10.6 Å². The lowest BCUT2D eigenvalue weighted by Gasteiger charge is -2.24. The van der Waals surface area contributed by atoms with Gasteiger partial charge in [-0.2, -0.15) is 0 Å². The van der Waals surface area contributed by atoms with Gasteiger partial charge in [0.25, 0.3) is 0 Å². The highest BCUT2D eigenvalue weighted by molar-refractivity contribution is 5.92. The number of rotatable bonds is 17. The molecule has 2 atom stereocenters. The molecule has 3 aromatic carbocycles. The summed E-state index contributed by atoms with van der Waals surface area (Å²) < 4.78 is 11.3. The molecule has 3 amide bonds. The number of nitrogens with one attached hydrogen (secondary N) is 2. The normalized spacial score (nSPS) is 12.1. The van der Waals surface area contributed by atoms with Crippen molar-refractivity contribution in [2.24, 2.45) is 17.2 Å². The molecule has 2 unspecified atom stereocenters. The van der Waals surface area contributed by atoms with E-state index in [-0.39, 0.29) is 37.9 Å². The van der Waals surface area contributed by atoms with Crippen molar-refractivity contribution in [3.63, 3.8) is 0 Å². The average molecular weight is 591 g/mol. The molecule has 11 nitrogen and oxygen atoms in total. The molecular formula is C32H42N6O5. The summed E-state index contributed by atoms with van der Waals surface area (Å²) in [6, 6.07) is 22.2. The Morgan fingerprint density at radius 2 is 1.47 bits per heavy atom. The van der Waals surface area contributed by atoms with E-state index in [0.717, 1.165) is 11.1 Å². The number of aryl methyl sites for hydroxylation is 1. The Labute approximate surface area is 252 Å². The van der Waals surface area contributed by atoms with Crippen molar-refractivity contribution < 1.29 is 23.9 Å². The van der Waals surface area contributed by atoms with Crippen LogP contribution in [-0.2, 0) is 27.3 Å². The molecule has 0 spiro atoms. The molecule has 0 saturated carbocycles. The lowest BCUT2D eigenvalue weighted by Crippen LogP contribution is -2.53. The van der Waals surface area contributed by atoms with E-state index >= 15 is 0 Å². The highest BCUT2D eigenvalue weighted by Crippen LogP contribution is 2.26.